The number of ether oxygens (including phenoxy) is 2. The lowest BCUT2D eigenvalue weighted by molar-refractivity contribution is -0.245. The molecular formula is C33H36N4O6S2. The molecule has 5 rings (SSSR count). The summed E-state index contributed by atoms with van der Waals surface area (Å²) in [6, 6.07) is 23.8. The summed E-state index contributed by atoms with van der Waals surface area (Å²) in [5.74, 6) is 0.0449. The van der Waals surface area contributed by atoms with Gasteiger partial charge in [0.25, 0.3) is 0 Å². The Kier molecular flexibility index (Phi) is 11.7. The zero-order chi connectivity index (χ0) is 31.6. The molecule has 2 amide bonds. The number of aliphatic hydroxyl groups is 1. The maximum absolute atomic E-state index is 12.3. The first-order valence-corrected chi connectivity index (χ1v) is 16.5. The molecule has 3 aromatic carbocycles. The van der Waals surface area contributed by atoms with E-state index in [1.54, 1.807) is 28.6 Å². The smallest absolute Gasteiger partial charge is 0.243 e. The SMILES string of the molecule is Cc1nnc(SC[C@H]2C[C@@H](c3ccc(CO)cc3)O[C@@H](c3ccc(-c4ccccc4CNC(=O)CCCC(=O)NO)cc3)O2)s1. The van der Waals surface area contributed by atoms with Crippen molar-refractivity contribution in [3.8, 4) is 11.1 Å². The van der Waals surface area contributed by atoms with Crippen LogP contribution >= 0.6 is 23.1 Å². The van der Waals surface area contributed by atoms with Gasteiger partial charge in [-0.1, -0.05) is 95.9 Å². The number of rotatable bonds is 13. The number of thioether (sulfide) groups is 1. The molecule has 3 atom stereocenters. The molecule has 1 aromatic heterocycles. The highest BCUT2D eigenvalue weighted by Crippen LogP contribution is 2.40. The van der Waals surface area contributed by atoms with Crippen LogP contribution in [0.5, 0.6) is 0 Å². The van der Waals surface area contributed by atoms with Gasteiger partial charge in [-0.15, -0.1) is 10.2 Å². The van der Waals surface area contributed by atoms with Crippen LogP contribution < -0.4 is 10.8 Å². The fourth-order valence-electron chi connectivity index (χ4n) is 5.05. The number of benzene rings is 3. The number of hydrogen-bond donors (Lipinski definition) is 4. The van der Waals surface area contributed by atoms with Crippen molar-refractivity contribution in [2.24, 2.45) is 0 Å². The van der Waals surface area contributed by atoms with E-state index in [2.05, 4.69) is 15.5 Å². The Hall–Kier alpha value is -3.65. The zero-order valence-electron chi connectivity index (χ0n) is 24.8. The second-order valence-electron chi connectivity index (χ2n) is 10.7. The molecule has 4 aromatic rings. The third-order valence-electron chi connectivity index (χ3n) is 7.43. The van der Waals surface area contributed by atoms with Crippen LogP contribution in [-0.4, -0.2) is 44.2 Å². The monoisotopic (exact) mass is 648 g/mol. The van der Waals surface area contributed by atoms with E-state index in [9.17, 15) is 14.7 Å². The summed E-state index contributed by atoms with van der Waals surface area (Å²) < 4.78 is 13.9. The Labute approximate surface area is 270 Å². The lowest BCUT2D eigenvalue weighted by atomic mass is 9.97. The molecular weight excluding hydrogens is 613 g/mol. The number of nitrogens with one attached hydrogen (secondary N) is 2. The normalized spacial score (nSPS) is 18.0. The molecule has 1 fully saturated rings. The van der Waals surface area contributed by atoms with E-state index >= 15 is 0 Å². The van der Waals surface area contributed by atoms with Crippen LogP contribution in [0.15, 0.2) is 77.1 Å². The number of hydroxylamine groups is 1. The zero-order valence-corrected chi connectivity index (χ0v) is 26.5. The number of hydrogen-bond acceptors (Lipinski definition) is 10. The van der Waals surface area contributed by atoms with E-state index in [4.69, 9.17) is 14.7 Å². The van der Waals surface area contributed by atoms with E-state index < -0.39 is 12.2 Å². The molecule has 0 aliphatic carbocycles. The molecule has 1 aliphatic rings. The van der Waals surface area contributed by atoms with Crippen molar-refractivity contribution in [2.45, 2.75) is 68.6 Å². The number of aryl methyl sites for hydroxylation is 1. The van der Waals surface area contributed by atoms with Gasteiger partial charge in [0.15, 0.2) is 10.6 Å². The molecule has 1 saturated heterocycles. The molecule has 45 heavy (non-hydrogen) atoms. The summed E-state index contributed by atoms with van der Waals surface area (Å²) in [7, 11) is 0. The highest BCUT2D eigenvalue weighted by atomic mass is 32.2. The van der Waals surface area contributed by atoms with Crippen molar-refractivity contribution < 1.29 is 29.4 Å². The topological polar surface area (TPSA) is 143 Å². The highest BCUT2D eigenvalue weighted by Gasteiger charge is 2.32. The van der Waals surface area contributed by atoms with Crippen LogP contribution in [-0.2, 0) is 32.2 Å². The van der Waals surface area contributed by atoms with Gasteiger partial charge < -0.3 is 19.9 Å². The van der Waals surface area contributed by atoms with Gasteiger partial charge in [0.2, 0.25) is 11.8 Å². The molecule has 1 aliphatic heterocycles. The predicted molar refractivity (Wildman–Crippen MR) is 171 cm³/mol. The molecule has 2 heterocycles. The van der Waals surface area contributed by atoms with Gasteiger partial charge >= 0.3 is 0 Å². The van der Waals surface area contributed by atoms with Crippen LogP contribution in [0.3, 0.4) is 0 Å². The minimum absolute atomic E-state index is 0.00851. The fourth-order valence-corrected chi connectivity index (χ4v) is 6.91. The van der Waals surface area contributed by atoms with E-state index in [0.717, 1.165) is 42.7 Å². The molecule has 0 saturated carbocycles. The third kappa shape index (κ3) is 9.19. The highest BCUT2D eigenvalue weighted by molar-refractivity contribution is 8.01. The van der Waals surface area contributed by atoms with Crippen LogP contribution in [0.4, 0.5) is 0 Å². The lowest BCUT2D eigenvalue weighted by Gasteiger charge is -2.36. The summed E-state index contributed by atoms with van der Waals surface area (Å²) in [5.41, 5.74) is 7.32. The number of amides is 2. The van der Waals surface area contributed by atoms with Gasteiger partial charge in [-0.25, -0.2) is 5.48 Å². The number of aromatic nitrogens is 2. The Balaban J connectivity index is 1.27. The van der Waals surface area contributed by atoms with Crippen molar-refractivity contribution in [3.05, 3.63) is 100 Å². The van der Waals surface area contributed by atoms with E-state index in [1.165, 1.54) is 0 Å². The van der Waals surface area contributed by atoms with Crippen molar-refractivity contribution in [1.82, 2.24) is 21.0 Å². The van der Waals surface area contributed by atoms with E-state index in [0.29, 0.717) is 25.1 Å². The van der Waals surface area contributed by atoms with Crippen LogP contribution in [0, 0.1) is 6.92 Å². The maximum Gasteiger partial charge on any atom is 0.243 e. The van der Waals surface area contributed by atoms with E-state index in [-0.39, 0.29) is 37.6 Å². The second kappa shape index (κ2) is 16.1. The number of aliphatic hydroxyl groups excluding tert-OH is 1. The first kappa shape index (κ1) is 32.7. The van der Waals surface area contributed by atoms with E-state index in [1.807, 2.05) is 79.7 Å². The predicted octanol–water partition coefficient (Wildman–Crippen LogP) is 5.64. The molecule has 0 unspecified atom stereocenters. The first-order chi connectivity index (χ1) is 21.9. The Bertz CT molecular complexity index is 1560. The summed E-state index contributed by atoms with van der Waals surface area (Å²) in [4.78, 5) is 23.5. The third-order valence-corrected chi connectivity index (χ3v) is 9.54. The largest absolute Gasteiger partial charge is 0.392 e. The van der Waals surface area contributed by atoms with Gasteiger partial charge in [0.1, 0.15) is 5.01 Å². The molecule has 236 valence electrons. The number of carbonyl (C=O) groups excluding carboxylic acids is 2. The summed E-state index contributed by atoms with van der Waals surface area (Å²) in [6.07, 6.45) is 0.481. The standard InChI is InChI=1S/C33H36N4O6S2/c1-21-35-36-33(45-21)44-20-27-17-29(24-11-9-22(19-38)10-12-24)43-32(42-27)25-15-13-23(14-16-25)28-6-3-2-5-26(28)18-34-30(39)7-4-8-31(40)37-41/h2-3,5-6,9-16,27,29,32,38,41H,4,7-8,17-20H2,1H3,(H,34,39)(H,37,40)/t27-,29+,32+/m1/s1. The maximum atomic E-state index is 12.3. The van der Waals surface area contributed by atoms with Crippen LogP contribution in [0.2, 0.25) is 0 Å². The molecule has 0 radical (unpaired) electrons. The molecule has 12 heteroatoms. The summed E-state index contributed by atoms with van der Waals surface area (Å²) in [5, 5.41) is 30.3. The first-order valence-electron chi connectivity index (χ1n) is 14.7. The van der Waals surface area contributed by atoms with Gasteiger partial charge in [0, 0.05) is 37.1 Å². The quantitative estimate of drug-likeness (QED) is 0.0824. The number of carbonyl (C=O) groups is 2. The molecule has 4 N–H and O–H groups in total. The van der Waals surface area contributed by atoms with Crippen molar-refractivity contribution >= 4 is 34.9 Å². The molecule has 0 spiro atoms. The minimum Gasteiger partial charge on any atom is -0.392 e. The average Bonchev–Trinajstić information content (AvgIpc) is 3.51. The Morgan fingerprint density at radius 3 is 2.40 bits per heavy atom. The summed E-state index contributed by atoms with van der Waals surface area (Å²) >= 11 is 3.21. The minimum atomic E-state index is -0.570. The number of nitrogens with zero attached hydrogens (tertiary/aromatic N) is 2. The van der Waals surface area contributed by atoms with Gasteiger partial charge in [-0.3, -0.25) is 14.8 Å². The van der Waals surface area contributed by atoms with Gasteiger partial charge in [0.05, 0.1) is 18.8 Å². The Morgan fingerprint density at radius 1 is 0.956 bits per heavy atom. The van der Waals surface area contributed by atoms with Gasteiger partial charge in [-0.05, 0) is 41.2 Å². The van der Waals surface area contributed by atoms with Crippen molar-refractivity contribution in [3.63, 3.8) is 0 Å². The fraction of sp³-hybridized carbons (Fsp3) is 0.333. The second-order valence-corrected chi connectivity index (χ2v) is 13.1. The van der Waals surface area contributed by atoms with Crippen molar-refractivity contribution in [2.75, 3.05) is 5.75 Å². The summed E-state index contributed by atoms with van der Waals surface area (Å²) in [6.45, 7) is 2.28. The van der Waals surface area contributed by atoms with Crippen molar-refractivity contribution in [1.29, 1.82) is 0 Å². The average molecular weight is 649 g/mol. The molecule has 10 nitrogen and oxygen atoms in total. The van der Waals surface area contributed by atoms with Crippen LogP contribution in [0.1, 0.15) is 65.3 Å². The van der Waals surface area contributed by atoms with Gasteiger partial charge in [-0.2, -0.15) is 0 Å². The lowest BCUT2D eigenvalue weighted by Crippen LogP contribution is -2.31. The Morgan fingerprint density at radius 2 is 1.69 bits per heavy atom. The van der Waals surface area contributed by atoms with Crippen LogP contribution in [0.25, 0.3) is 11.1 Å². The molecule has 0 bridgehead atoms.